The highest BCUT2D eigenvalue weighted by atomic mass is 16.5. The Balaban J connectivity index is 2.11. The molecule has 1 atom stereocenters. The SMILES string of the molecule is COc1ccc2c(c1OC)-c1c(OC)c(OC)cc3c1[C@@H](C2)NCC3. The van der Waals surface area contributed by atoms with Crippen LogP contribution < -0.4 is 24.3 Å². The summed E-state index contributed by atoms with van der Waals surface area (Å²) in [5, 5.41) is 3.64. The Hall–Kier alpha value is -2.40. The third-order valence-electron chi connectivity index (χ3n) is 5.23. The predicted octanol–water partition coefficient (Wildman–Crippen LogP) is 3.13. The summed E-state index contributed by atoms with van der Waals surface area (Å²) in [6, 6.07) is 6.49. The van der Waals surface area contributed by atoms with Gasteiger partial charge in [0.25, 0.3) is 0 Å². The van der Waals surface area contributed by atoms with Crippen LogP contribution in [0.5, 0.6) is 23.0 Å². The molecule has 4 rings (SSSR count). The van der Waals surface area contributed by atoms with Crippen LogP contribution in [0.3, 0.4) is 0 Å². The van der Waals surface area contributed by atoms with Gasteiger partial charge in [-0.1, -0.05) is 6.07 Å². The number of ether oxygens (including phenoxy) is 4. The average Bonchev–Trinajstić information content (AvgIpc) is 2.66. The van der Waals surface area contributed by atoms with E-state index in [1.807, 2.05) is 6.07 Å². The third-order valence-corrected chi connectivity index (χ3v) is 5.23. The van der Waals surface area contributed by atoms with Gasteiger partial charge >= 0.3 is 0 Å². The molecule has 2 aromatic carbocycles. The van der Waals surface area contributed by atoms with Crippen LogP contribution in [0, 0.1) is 0 Å². The maximum Gasteiger partial charge on any atom is 0.169 e. The first kappa shape index (κ1) is 16.1. The van der Waals surface area contributed by atoms with Crippen LogP contribution in [0.4, 0.5) is 0 Å². The number of methoxy groups -OCH3 is 4. The monoisotopic (exact) mass is 341 g/mol. The van der Waals surface area contributed by atoms with Gasteiger partial charge in [0.2, 0.25) is 0 Å². The largest absolute Gasteiger partial charge is 0.493 e. The zero-order valence-electron chi connectivity index (χ0n) is 15.1. The normalized spacial score (nSPS) is 17.4. The summed E-state index contributed by atoms with van der Waals surface area (Å²) >= 11 is 0. The number of fused-ring (bicyclic) bond motifs is 2. The van der Waals surface area contributed by atoms with E-state index in [2.05, 4.69) is 17.4 Å². The molecule has 0 fully saturated rings. The van der Waals surface area contributed by atoms with Crippen molar-refractivity contribution in [2.24, 2.45) is 0 Å². The van der Waals surface area contributed by atoms with Crippen molar-refractivity contribution in [1.82, 2.24) is 5.32 Å². The Morgan fingerprint density at radius 3 is 2.24 bits per heavy atom. The van der Waals surface area contributed by atoms with Crippen LogP contribution in [0.2, 0.25) is 0 Å². The molecule has 2 aromatic rings. The Bertz CT molecular complexity index is 831. The minimum atomic E-state index is 0.282. The molecule has 25 heavy (non-hydrogen) atoms. The van der Waals surface area contributed by atoms with Gasteiger partial charge in [0.1, 0.15) is 0 Å². The quantitative estimate of drug-likeness (QED) is 0.926. The van der Waals surface area contributed by atoms with Crippen LogP contribution in [0.1, 0.15) is 22.7 Å². The lowest BCUT2D eigenvalue weighted by atomic mass is 9.77. The van der Waals surface area contributed by atoms with E-state index in [4.69, 9.17) is 18.9 Å². The standard InChI is InChI=1S/C20H23NO4/c1-22-14-6-5-11-9-13-16-12(7-8-21-13)10-15(23-2)20(25-4)18(16)17(11)19(14)24-3/h5-6,10,13,21H,7-9H2,1-4H3/t13-/m1/s1. The van der Waals surface area contributed by atoms with Gasteiger partial charge in [-0.15, -0.1) is 0 Å². The maximum atomic E-state index is 5.79. The molecule has 0 amide bonds. The molecule has 0 unspecified atom stereocenters. The van der Waals surface area contributed by atoms with Crippen molar-refractivity contribution in [1.29, 1.82) is 0 Å². The molecule has 0 radical (unpaired) electrons. The Kier molecular flexibility index (Phi) is 3.96. The van der Waals surface area contributed by atoms with E-state index in [1.54, 1.807) is 28.4 Å². The minimum Gasteiger partial charge on any atom is -0.493 e. The first-order valence-electron chi connectivity index (χ1n) is 8.48. The highest BCUT2D eigenvalue weighted by Crippen LogP contribution is 2.55. The van der Waals surface area contributed by atoms with E-state index in [-0.39, 0.29) is 6.04 Å². The Morgan fingerprint density at radius 2 is 1.56 bits per heavy atom. The number of rotatable bonds is 4. The van der Waals surface area contributed by atoms with Crippen molar-refractivity contribution < 1.29 is 18.9 Å². The molecule has 5 heteroatoms. The highest BCUT2D eigenvalue weighted by molar-refractivity contribution is 5.88. The number of hydrogen-bond acceptors (Lipinski definition) is 5. The minimum absolute atomic E-state index is 0.282. The van der Waals surface area contributed by atoms with Gasteiger partial charge in [0, 0.05) is 17.2 Å². The van der Waals surface area contributed by atoms with Gasteiger partial charge in [0.05, 0.1) is 28.4 Å². The zero-order valence-corrected chi connectivity index (χ0v) is 15.1. The summed E-state index contributed by atoms with van der Waals surface area (Å²) in [5.74, 6) is 2.98. The second-order valence-corrected chi connectivity index (χ2v) is 6.36. The van der Waals surface area contributed by atoms with Gasteiger partial charge in [-0.25, -0.2) is 0 Å². The molecule has 0 aromatic heterocycles. The molecule has 132 valence electrons. The van der Waals surface area contributed by atoms with E-state index in [9.17, 15) is 0 Å². The van der Waals surface area contributed by atoms with Gasteiger partial charge in [-0.05, 0) is 48.2 Å². The summed E-state index contributed by atoms with van der Waals surface area (Å²) in [7, 11) is 6.71. The molecule has 1 aliphatic heterocycles. The fourth-order valence-electron chi connectivity index (χ4n) is 4.20. The van der Waals surface area contributed by atoms with Crippen molar-refractivity contribution in [2.75, 3.05) is 35.0 Å². The second kappa shape index (κ2) is 6.15. The molecule has 1 aliphatic carbocycles. The molecule has 0 spiro atoms. The molecule has 1 heterocycles. The van der Waals surface area contributed by atoms with Crippen molar-refractivity contribution in [3.05, 3.63) is 34.9 Å². The van der Waals surface area contributed by atoms with E-state index in [0.717, 1.165) is 53.5 Å². The topological polar surface area (TPSA) is 49.0 Å². The van der Waals surface area contributed by atoms with Crippen LogP contribution in [0.25, 0.3) is 11.1 Å². The van der Waals surface area contributed by atoms with Crippen LogP contribution in [-0.2, 0) is 12.8 Å². The fraction of sp³-hybridized carbons (Fsp3) is 0.400. The van der Waals surface area contributed by atoms with Gasteiger partial charge in [-0.2, -0.15) is 0 Å². The summed E-state index contributed by atoms with van der Waals surface area (Å²) in [6.45, 7) is 0.967. The number of benzene rings is 2. The zero-order chi connectivity index (χ0) is 17.6. The van der Waals surface area contributed by atoms with E-state index < -0.39 is 0 Å². The maximum absolute atomic E-state index is 5.79. The predicted molar refractivity (Wildman–Crippen MR) is 96.2 cm³/mol. The fourth-order valence-corrected chi connectivity index (χ4v) is 4.20. The lowest BCUT2D eigenvalue weighted by Gasteiger charge is -2.36. The first-order chi connectivity index (χ1) is 12.2. The Morgan fingerprint density at radius 1 is 0.840 bits per heavy atom. The van der Waals surface area contributed by atoms with E-state index in [0.29, 0.717) is 0 Å². The van der Waals surface area contributed by atoms with E-state index in [1.165, 1.54) is 16.7 Å². The third kappa shape index (κ3) is 2.26. The van der Waals surface area contributed by atoms with Gasteiger partial charge in [-0.3, -0.25) is 0 Å². The Labute approximate surface area is 147 Å². The molecule has 0 saturated carbocycles. The van der Waals surface area contributed by atoms with Crippen molar-refractivity contribution in [2.45, 2.75) is 18.9 Å². The lowest BCUT2D eigenvalue weighted by molar-refractivity contribution is 0.348. The molecule has 5 nitrogen and oxygen atoms in total. The average molecular weight is 341 g/mol. The molecular weight excluding hydrogens is 318 g/mol. The summed E-state index contributed by atoms with van der Waals surface area (Å²) in [4.78, 5) is 0. The highest BCUT2D eigenvalue weighted by Gasteiger charge is 2.36. The molecular formula is C20H23NO4. The first-order valence-corrected chi connectivity index (χ1v) is 8.48. The molecule has 2 aliphatic rings. The molecule has 1 N–H and O–H groups in total. The van der Waals surface area contributed by atoms with Crippen LogP contribution in [-0.4, -0.2) is 35.0 Å². The number of hydrogen-bond donors (Lipinski definition) is 1. The summed E-state index contributed by atoms with van der Waals surface area (Å²) in [6.07, 6.45) is 1.89. The number of nitrogens with one attached hydrogen (secondary N) is 1. The summed E-state index contributed by atoms with van der Waals surface area (Å²) in [5.41, 5.74) is 5.94. The van der Waals surface area contributed by atoms with Crippen molar-refractivity contribution >= 4 is 0 Å². The molecule has 0 bridgehead atoms. The summed E-state index contributed by atoms with van der Waals surface area (Å²) < 4.78 is 22.7. The van der Waals surface area contributed by atoms with Gasteiger partial charge in [0.15, 0.2) is 23.0 Å². The van der Waals surface area contributed by atoms with Crippen LogP contribution >= 0.6 is 0 Å². The van der Waals surface area contributed by atoms with Crippen molar-refractivity contribution in [3.63, 3.8) is 0 Å². The van der Waals surface area contributed by atoms with Crippen LogP contribution in [0.15, 0.2) is 18.2 Å². The van der Waals surface area contributed by atoms with Crippen molar-refractivity contribution in [3.8, 4) is 34.1 Å². The lowest BCUT2D eigenvalue weighted by Crippen LogP contribution is -2.34. The van der Waals surface area contributed by atoms with E-state index >= 15 is 0 Å². The van der Waals surface area contributed by atoms with Gasteiger partial charge < -0.3 is 24.3 Å². The smallest absolute Gasteiger partial charge is 0.169 e. The molecule has 0 saturated heterocycles. The second-order valence-electron chi connectivity index (χ2n) is 6.36.